The number of nitrogens with zero attached hydrogens (tertiary/aromatic N) is 1. The Kier molecular flexibility index (Phi) is 12.5. The van der Waals surface area contributed by atoms with Crippen molar-refractivity contribution in [1.82, 2.24) is 4.98 Å². The number of aliphatic carboxylic acids is 1. The fourth-order valence-electron chi connectivity index (χ4n) is 3.28. The number of benzene rings is 2. The molecule has 0 amide bonds. The Morgan fingerprint density at radius 3 is 2.57 bits per heavy atom. The third kappa shape index (κ3) is 10.2. The summed E-state index contributed by atoms with van der Waals surface area (Å²) in [5.74, 6) is 1.07. The second-order valence-corrected chi connectivity index (χ2v) is 8.60. The van der Waals surface area contributed by atoms with Crippen molar-refractivity contribution in [2.75, 3.05) is 13.7 Å². The SMILES string of the molecule is COc1ccc(CCCCOc2ccc(CSCc3cccc(F)c3)nc2/C=C/C(=O)[O-])cc1.[Li+]. The van der Waals surface area contributed by atoms with Crippen molar-refractivity contribution in [3.8, 4) is 11.5 Å². The van der Waals surface area contributed by atoms with Crippen molar-refractivity contribution in [2.45, 2.75) is 30.8 Å². The van der Waals surface area contributed by atoms with Crippen LogP contribution in [0.3, 0.4) is 0 Å². The van der Waals surface area contributed by atoms with Gasteiger partial charge < -0.3 is 19.4 Å². The van der Waals surface area contributed by atoms with Crippen LogP contribution in [0.25, 0.3) is 6.08 Å². The number of hydrogen-bond acceptors (Lipinski definition) is 6. The van der Waals surface area contributed by atoms with Crippen molar-refractivity contribution < 1.29 is 42.6 Å². The van der Waals surface area contributed by atoms with Gasteiger partial charge in [0, 0.05) is 11.5 Å². The smallest absolute Gasteiger partial charge is 0.545 e. The zero-order chi connectivity index (χ0) is 24.2. The molecule has 0 N–H and O–H groups in total. The van der Waals surface area contributed by atoms with Gasteiger partial charge in [0.1, 0.15) is 23.0 Å². The first kappa shape index (κ1) is 28.5. The summed E-state index contributed by atoms with van der Waals surface area (Å²) in [5.41, 5.74) is 3.37. The molecule has 0 saturated heterocycles. The predicted octanol–water partition coefficient (Wildman–Crippen LogP) is 1.83. The molecule has 0 unspecified atom stereocenters. The molecule has 3 aromatic rings. The summed E-state index contributed by atoms with van der Waals surface area (Å²) in [6, 6.07) is 18.2. The van der Waals surface area contributed by atoms with Gasteiger partial charge >= 0.3 is 18.9 Å². The number of unbranched alkanes of at least 4 members (excludes halogenated alkanes) is 1. The summed E-state index contributed by atoms with van der Waals surface area (Å²) in [7, 11) is 1.65. The Balaban J connectivity index is 0.00000432. The fraction of sp³-hybridized carbons (Fsp3) is 0.259. The maximum Gasteiger partial charge on any atom is 1.00 e. The zero-order valence-corrected chi connectivity index (χ0v) is 20.9. The van der Waals surface area contributed by atoms with Crippen LogP contribution in [-0.2, 0) is 22.7 Å². The second-order valence-electron chi connectivity index (χ2n) is 7.61. The van der Waals surface area contributed by atoms with E-state index in [2.05, 4.69) is 17.1 Å². The van der Waals surface area contributed by atoms with Gasteiger partial charge in [-0.1, -0.05) is 24.3 Å². The summed E-state index contributed by atoms with van der Waals surface area (Å²) < 4.78 is 24.4. The summed E-state index contributed by atoms with van der Waals surface area (Å²) >= 11 is 1.60. The van der Waals surface area contributed by atoms with Crippen molar-refractivity contribution >= 4 is 23.8 Å². The number of carbonyl (C=O) groups excluding carboxylic acids is 1. The first-order valence-electron chi connectivity index (χ1n) is 11.0. The van der Waals surface area contributed by atoms with E-state index in [1.165, 1.54) is 23.8 Å². The van der Waals surface area contributed by atoms with E-state index in [-0.39, 0.29) is 24.7 Å². The van der Waals surface area contributed by atoms with Gasteiger partial charge in [-0.05, 0) is 78.9 Å². The average molecular weight is 488 g/mol. The largest absolute Gasteiger partial charge is 1.00 e. The number of ether oxygens (including phenoxy) is 2. The summed E-state index contributed by atoms with van der Waals surface area (Å²) in [5, 5.41) is 10.9. The van der Waals surface area contributed by atoms with Gasteiger partial charge in [-0.15, -0.1) is 0 Å². The number of carboxylic acids is 1. The monoisotopic (exact) mass is 487 g/mol. The third-order valence-electron chi connectivity index (χ3n) is 5.01. The maximum atomic E-state index is 13.3. The number of halogens is 1. The molecule has 0 spiro atoms. The molecule has 8 heteroatoms. The number of carbonyl (C=O) groups is 1. The quantitative estimate of drug-likeness (QED) is 0.208. The fourth-order valence-corrected chi connectivity index (χ4v) is 4.17. The molecule has 5 nitrogen and oxygen atoms in total. The van der Waals surface area contributed by atoms with Gasteiger partial charge in [0.25, 0.3) is 0 Å². The van der Waals surface area contributed by atoms with E-state index in [4.69, 9.17) is 9.47 Å². The molecule has 0 radical (unpaired) electrons. The molecule has 1 heterocycles. The third-order valence-corrected chi connectivity index (χ3v) is 6.04. The van der Waals surface area contributed by atoms with Gasteiger partial charge in [-0.3, -0.25) is 0 Å². The molecule has 35 heavy (non-hydrogen) atoms. The van der Waals surface area contributed by atoms with E-state index >= 15 is 0 Å². The first-order valence-corrected chi connectivity index (χ1v) is 12.2. The number of methoxy groups -OCH3 is 1. The van der Waals surface area contributed by atoms with E-state index in [0.717, 1.165) is 42.3 Å². The van der Waals surface area contributed by atoms with Gasteiger partial charge in [-0.25, -0.2) is 9.37 Å². The Bertz CT molecular complexity index is 1110. The van der Waals surface area contributed by atoms with E-state index in [1.807, 2.05) is 30.3 Å². The van der Waals surface area contributed by atoms with Gasteiger partial charge in [0.2, 0.25) is 0 Å². The van der Waals surface area contributed by atoms with Crippen LogP contribution in [0.2, 0.25) is 0 Å². The number of hydrogen-bond donors (Lipinski definition) is 0. The Morgan fingerprint density at radius 2 is 1.86 bits per heavy atom. The molecule has 0 aliphatic rings. The van der Waals surface area contributed by atoms with E-state index in [1.54, 1.807) is 24.9 Å². The number of aryl methyl sites for hydroxylation is 1. The van der Waals surface area contributed by atoms with Crippen molar-refractivity contribution in [3.05, 3.63) is 95.1 Å². The summed E-state index contributed by atoms with van der Waals surface area (Å²) in [4.78, 5) is 15.4. The zero-order valence-electron chi connectivity index (χ0n) is 20.0. The van der Waals surface area contributed by atoms with Gasteiger partial charge in [0.05, 0.1) is 25.4 Å². The first-order chi connectivity index (χ1) is 16.5. The molecule has 2 aromatic carbocycles. The minimum absolute atomic E-state index is 0. The molecule has 0 fully saturated rings. The average Bonchev–Trinajstić information content (AvgIpc) is 2.84. The number of rotatable bonds is 13. The topological polar surface area (TPSA) is 71.5 Å². The second kappa shape index (κ2) is 15.3. The maximum absolute atomic E-state index is 13.3. The molecule has 0 saturated carbocycles. The molecule has 0 aliphatic carbocycles. The van der Waals surface area contributed by atoms with E-state index in [9.17, 15) is 14.3 Å². The van der Waals surface area contributed by atoms with Crippen LogP contribution in [-0.4, -0.2) is 24.7 Å². The van der Waals surface area contributed by atoms with Crippen LogP contribution in [0.5, 0.6) is 11.5 Å². The summed E-state index contributed by atoms with van der Waals surface area (Å²) in [6.07, 6.45) is 5.08. The Hall–Kier alpha value is -2.72. The Morgan fingerprint density at radius 1 is 1.06 bits per heavy atom. The molecule has 0 aliphatic heterocycles. The number of pyridine rings is 1. The van der Waals surface area contributed by atoms with Crippen molar-refractivity contribution in [3.63, 3.8) is 0 Å². The van der Waals surface area contributed by atoms with Crippen LogP contribution in [0, 0.1) is 5.82 Å². The van der Waals surface area contributed by atoms with E-state index in [0.29, 0.717) is 29.6 Å². The number of thioether (sulfide) groups is 1. The van der Waals surface area contributed by atoms with Crippen molar-refractivity contribution in [2.24, 2.45) is 0 Å². The summed E-state index contributed by atoms with van der Waals surface area (Å²) in [6.45, 7) is 0.498. The standard InChI is InChI=1S/C27H28FNO4S.Li/c1-32-24-11-8-20(9-12-24)5-2-3-16-33-26-14-10-23(29-25(26)13-15-27(30)31)19-34-18-21-6-4-7-22(28)17-21;/h4,6-15,17H,2-3,5,16,18-19H2,1H3,(H,30,31);/q;+1/p-1/b15-13+;. The van der Waals surface area contributed by atoms with Crippen LogP contribution in [0.4, 0.5) is 4.39 Å². The molecule has 0 bridgehead atoms. The molecular weight excluding hydrogens is 460 g/mol. The van der Waals surface area contributed by atoms with Crippen LogP contribution in [0.1, 0.15) is 35.4 Å². The van der Waals surface area contributed by atoms with E-state index < -0.39 is 5.97 Å². The molecular formula is C27H27FLiNO4S. The van der Waals surface area contributed by atoms with Crippen molar-refractivity contribution in [1.29, 1.82) is 0 Å². The van der Waals surface area contributed by atoms with Crippen LogP contribution < -0.4 is 33.4 Å². The molecule has 3 rings (SSSR count). The molecule has 178 valence electrons. The predicted molar refractivity (Wildman–Crippen MR) is 131 cm³/mol. The number of aromatic nitrogens is 1. The molecule has 0 atom stereocenters. The van der Waals surface area contributed by atoms with Gasteiger partial charge in [0.15, 0.2) is 0 Å². The van der Waals surface area contributed by atoms with Gasteiger partial charge in [-0.2, -0.15) is 11.8 Å². The minimum atomic E-state index is -1.29. The minimum Gasteiger partial charge on any atom is -0.545 e. The Labute approximate surface area is 221 Å². The van der Waals surface area contributed by atoms with Crippen LogP contribution >= 0.6 is 11.8 Å². The van der Waals surface area contributed by atoms with Crippen LogP contribution in [0.15, 0.2) is 66.7 Å². The molecule has 1 aromatic heterocycles. The normalized spacial score (nSPS) is 10.7. The number of carboxylic acid groups (broad SMARTS) is 1.